The zero-order chi connectivity index (χ0) is 15.8. The van der Waals surface area contributed by atoms with E-state index in [4.69, 9.17) is 9.47 Å². The molecule has 1 fully saturated rings. The number of hydrogen-bond donors (Lipinski definition) is 2. The molecule has 1 unspecified atom stereocenters. The van der Waals surface area contributed by atoms with Crippen LogP contribution in [0, 0.1) is 0 Å². The van der Waals surface area contributed by atoms with E-state index in [1.165, 1.54) is 0 Å². The molecule has 2 N–H and O–H groups in total. The van der Waals surface area contributed by atoms with Crippen molar-refractivity contribution in [3.05, 3.63) is 28.2 Å². The fourth-order valence-electron chi connectivity index (χ4n) is 2.39. The van der Waals surface area contributed by atoms with Crippen LogP contribution in [0.3, 0.4) is 0 Å². The van der Waals surface area contributed by atoms with Gasteiger partial charge < -0.3 is 20.1 Å². The van der Waals surface area contributed by atoms with Gasteiger partial charge in [-0.1, -0.05) is 15.9 Å². The highest BCUT2D eigenvalue weighted by Crippen LogP contribution is 2.23. The van der Waals surface area contributed by atoms with Crippen LogP contribution in [-0.2, 0) is 11.3 Å². The van der Waals surface area contributed by atoms with E-state index in [0.29, 0.717) is 12.6 Å². The van der Waals surface area contributed by atoms with Crippen molar-refractivity contribution in [2.75, 3.05) is 26.8 Å². The number of aliphatic imine (C=N–C) groups is 1. The summed E-state index contributed by atoms with van der Waals surface area (Å²) in [6.45, 7) is 5.11. The number of rotatable bonds is 6. The van der Waals surface area contributed by atoms with Crippen LogP contribution in [0.2, 0.25) is 0 Å². The van der Waals surface area contributed by atoms with Crippen LogP contribution < -0.4 is 15.4 Å². The van der Waals surface area contributed by atoms with Gasteiger partial charge in [0.25, 0.3) is 0 Å². The van der Waals surface area contributed by atoms with Crippen LogP contribution in [0.25, 0.3) is 0 Å². The third-order valence-corrected chi connectivity index (χ3v) is 4.01. The van der Waals surface area contributed by atoms with Gasteiger partial charge in [-0.2, -0.15) is 0 Å². The Morgan fingerprint density at radius 3 is 2.91 bits per heavy atom. The molecule has 0 bridgehead atoms. The van der Waals surface area contributed by atoms with Crippen LogP contribution in [-0.4, -0.2) is 38.9 Å². The minimum Gasteiger partial charge on any atom is -0.496 e. The first kappa shape index (κ1) is 20.5. The van der Waals surface area contributed by atoms with Gasteiger partial charge in [0, 0.05) is 29.7 Å². The Morgan fingerprint density at radius 1 is 1.43 bits per heavy atom. The molecular weight excluding hydrogens is 473 g/mol. The molecule has 0 radical (unpaired) electrons. The van der Waals surface area contributed by atoms with Crippen molar-refractivity contribution < 1.29 is 9.47 Å². The van der Waals surface area contributed by atoms with E-state index in [1.807, 2.05) is 18.2 Å². The predicted octanol–water partition coefficient (Wildman–Crippen LogP) is 3.31. The van der Waals surface area contributed by atoms with Crippen LogP contribution in [0.15, 0.2) is 27.7 Å². The number of benzene rings is 1. The van der Waals surface area contributed by atoms with Crippen LogP contribution in [0.1, 0.15) is 25.3 Å². The molecule has 23 heavy (non-hydrogen) atoms. The lowest BCUT2D eigenvalue weighted by Crippen LogP contribution is -2.41. The Morgan fingerprint density at radius 2 is 2.26 bits per heavy atom. The van der Waals surface area contributed by atoms with Gasteiger partial charge in [-0.25, -0.2) is 4.99 Å². The minimum absolute atomic E-state index is 0. The fraction of sp³-hybridized carbons (Fsp3) is 0.562. The molecule has 5 nitrogen and oxygen atoms in total. The van der Waals surface area contributed by atoms with Gasteiger partial charge in [0.2, 0.25) is 0 Å². The maximum absolute atomic E-state index is 5.63. The number of hydrogen-bond acceptors (Lipinski definition) is 3. The molecule has 0 spiro atoms. The Bertz CT molecular complexity index is 508. The second kappa shape index (κ2) is 11.1. The summed E-state index contributed by atoms with van der Waals surface area (Å²) in [5, 5.41) is 6.61. The number of nitrogens with zero attached hydrogens (tertiary/aromatic N) is 1. The molecule has 0 aromatic heterocycles. The van der Waals surface area contributed by atoms with E-state index in [9.17, 15) is 0 Å². The normalized spacial score (nSPS) is 17.5. The smallest absolute Gasteiger partial charge is 0.191 e. The molecule has 0 amide bonds. The van der Waals surface area contributed by atoms with E-state index in [0.717, 1.165) is 54.3 Å². The van der Waals surface area contributed by atoms with Gasteiger partial charge in [0.1, 0.15) is 5.75 Å². The van der Waals surface area contributed by atoms with Crippen LogP contribution in [0.4, 0.5) is 0 Å². The van der Waals surface area contributed by atoms with Crippen molar-refractivity contribution in [2.45, 2.75) is 32.4 Å². The van der Waals surface area contributed by atoms with Crippen molar-refractivity contribution in [1.29, 1.82) is 0 Å². The molecule has 0 aliphatic carbocycles. The summed E-state index contributed by atoms with van der Waals surface area (Å²) in [6.07, 6.45) is 2.56. The highest BCUT2D eigenvalue weighted by molar-refractivity contribution is 14.0. The zero-order valence-corrected chi connectivity index (χ0v) is 17.5. The van der Waals surface area contributed by atoms with Crippen molar-refractivity contribution >= 4 is 45.9 Å². The molecule has 2 rings (SSSR count). The summed E-state index contributed by atoms with van der Waals surface area (Å²) in [5.41, 5.74) is 1.05. The van der Waals surface area contributed by atoms with Crippen molar-refractivity contribution in [3.8, 4) is 5.75 Å². The quantitative estimate of drug-likeness (QED) is 0.359. The molecule has 1 aromatic carbocycles. The number of methoxy groups -OCH3 is 1. The Kier molecular flexibility index (Phi) is 9.89. The third-order valence-electron chi connectivity index (χ3n) is 3.52. The molecule has 1 atom stereocenters. The monoisotopic (exact) mass is 497 g/mol. The lowest BCUT2D eigenvalue weighted by Gasteiger charge is -2.15. The standard InChI is InChI=1S/C16H24BrN3O2.HI/c1-3-18-16(20-11-14-5-4-8-22-14)19-10-12-9-13(17)6-7-15(12)21-2;/h6-7,9,14H,3-5,8,10-11H2,1-2H3,(H2,18,19,20);1H. The largest absolute Gasteiger partial charge is 0.496 e. The first-order chi connectivity index (χ1) is 10.7. The Hall–Kier alpha value is -0.540. The summed E-state index contributed by atoms with van der Waals surface area (Å²) >= 11 is 3.49. The fourth-order valence-corrected chi connectivity index (χ4v) is 2.80. The number of nitrogens with one attached hydrogen (secondary N) is 2. The van der Waals surface area contributed by atoms with Gasteiger partial charge in [-0.15, -0.1) is 24.0 Å². The first-order valence-corrected chi connectivity index (χ1v) is 8.48. The lowest BCUT2D eigenvalue weighted by atomic mass is 10.2. The Balaban J connectivity index is 0.00000264. The lowest BCUT2D eigenvalue weighted by molar-refractivity contribution is 0.114. The molecule has 0 saturated carbocycles. The molecule has 1 aliphatic heterocycles. The zero-order valence-electron chi connectivity index (χ0n) is 13.6. The van der Waals surface area contributed by atoms with E-state index >= 15 is 0 Å². The first-order valence-electron chi connectivity index (χ1n) is 7.69. The summed E-state index contributed by atoms with van der Waals surface area (Å²) in [4.78, 5) is 4.63. The summed E-state index contributed by atoms with van der Waals surface area (Å²) in [5.74, 6) is 1.65. The number of guanidine groups is 1. The molecule has 1 aliphatic rings. The van der Waals surface area contributed by atoms with E-state index < -0.39 is 0 Å². The van der Waals surface area contributed by atoms with Crippen molar-refractivity contribution in [3.63, 3.8) is 0 Å². The second-order valence-corrected chi connectivity index (χ2v) is 6.08. The van der Waals surface area contributed by atoms with Crippen molar-refractivity contribution in [1.82, 2.24) is 10.6 Å². The van der Waals surface area contributed by atoms with Gasteiger partial charge in [-0.3, -0.25) is 0 Å². The van der Waals surface area contributed by atoms with Crippen molar-refractivity contribution in [2.24, 2.45) is 4.99 Å². The summed E-state index contributed by atoms with van der Waals surface area (Å²) < 4.78 is 12.0. The minimum atomic E-state index is 0. The molecule has 1 heterocycles. The average Bonchev–Trinajstić information content (AvgIpc) is 3.03. The van der Waals surface area contributed by atoms with Crippen LogP contribution >= 0.6 is 39.9 Å². The average molecular weight is 498 g/mol. The molecule has 1 aromatic rings. The van der Waals surface area contributed by atoms with Gasteiger partial charge in [-0.05, 0) is 38.0 Å². The highest BCUT2D eigenvalue weighted by atomic mass is 127. The molecule has 1 saturated heterocycles. The third kappa shape index (κ3) is 6.84. The SMILES string of the molecule is CCNC(=NCc1cc(Br)ccc1OC)NCC1CCCO1.I. The Labute approximate surface area is 163 Å². The topological polar surface area (TPSA) is 54.9 Å². The van der Waals surface area contributed by atoms with Crippen LogP contribution in [0.5, 0.6) is 5.75 Å². The van der Waals surface area contributed by atoms with Gasteiger partial charge >= 0.3 is 0 Å². The predicted molar refractivity (Wildman–Crippen MR) is 108 cm³/mol. The molecular formula is C16H25BrIN3O2. The van der Waals surface area contributed by atoms with Gasteiger partial charge in [0.05, 0.1) is 19.8 Å². The summed E-state index contributed by atoms with van der Waals surface area (Å²) in [7, 11) is 1.68. The highest BCUT2D eigenvalue weighted by Gasteiger charge is 2.15. The second-order valence-electron chi connectivity index (χ2n) is 5.17. The summed E-state index contributed by atoms with van der Waals surface area (Å²) in [6, 6.07) is 5.95. The van der Waals surface area contributed by atoms with E-state index in [2.05, 4.69) is 38.5 Å². The van der Waals surface area contributed by atoms with Gasteiger partial charge in [0.15, 0.2) is 5.96 Å². The van der Waals surface area contributed by atoms with E-state index in [1.54, 1.807) is 7.11 Å². The number of ether oxygens (including phenoxy) is 2. The van der Waals surface area contributed by atoms with E-state index in [-0.39, 0.29) is 24.0 Å². The number of halogens is 2. The maximum Gasteiger partial charge on any atom is 0.191 e. The molecule has 130 valence electrons. The molecule has 7 heteroatoms. The maximum atomic E-state index is 5.63.